The van der Waals surface area contributed by atoms with Crippen molar-refractivity contribution in [3.63, 3.8) is 0 Å². The number of rotatable bonds is 5. The molecule has 2 atom stereocenters. The lowest BCUT2D eigenvalue weighted by Gasteiger charge is -2.34. The fourth-order valence-electron chi connectivity index (χ4n) is 2.24. The molecule has 0 saturated carbocycles. The quantitative estimate of drug-likeness (QED) is 0.722. The van der Waals surface area contributed by atoms with Crippen molar-refractivity contribution in [3.05, 3.63) is 0 Å². The molecule has 1 rings (SSSR count). The predicted molar refractivity (Wildman–Crippen MR) is 66.1 cm³/mol. The zero-order chi connectivity index (χ0) is 12.2. The topological polar surface area (TPSA) is 58.4 Å². The molecule has 4 nitrogen and oxygen atoms in total. The number of hydrogen-bond acceptors (Lipinski definition) is 3. The Bertz CT molecular complexity index is 244. The van der Waals surface area contributed by atoms with E-state index in [4.69, 9.17) is 5.73 Å². The molecule has 1 amide bonds. The predicted octanol–water partition coefficient (Wildman–Crippen LogP) is 0.572. The van der Waals surface area contributed by atoms with Gasteiger partial charge in [-0.15, -0.1) is 0 Å². The second-order valence-electron chi connectivity index (χ2n) is 5.24. The summed E-state index contributed by atoms with van der Waals surface area (Å²) in [6.45, 7) is 7.42. The Morgan fingerprint density at radius 1 is 1.62 bits per heavy atom. The van der Waals surface area contributed by atoms with Crippen LogP contribution in [0.3, 0.4) is 0 Å². The number of carbonyl (C=O) groups excluding carboxylic acids is 1. The fraction of sp³-hybridized carbons (Fsp3) is 0.917. The summed E-state index contributed by atoms with van der Waals surface area (Å²) < 4.78 is 0. The van der Waals surface area contributed by atoms with Gasteiger partial charge in [-0.1, -0.05) is 6.92 Å². The van der Waals surface area contributed by atoms with Crippen LogP contribution in [0.4, 0.5) is 0 Å². The van der Waals surface area contributed by atoms with Crippen molar-refractivity contribution < 1.29 is 4.79 Å². The average molecular weight is 227 g/mol. The zero-order valence-corrected chi connectivity index (χ0v) is 10.8. The highest BCUT2D eigenvalue weighted by atomic mass is 16.1. The summed E-state index contributed by atoms with van der Waals surface area (Å²) in [6, 6.07) is 0. The highest BCUT2D eigenvalue weighted by Crippen LogP contribution is 2.17. The van der Waals surface area contributed by atoms with Crippen molar-refractivity contribution in [2.75, 3.05) is 26.7 Å². The second-order valence-corrected chi connectivity index (χ2v) is 5.24. The number of likely N-dealkylation sites (N-methyl/N-ethyl adjacent to an activating group) is 1. The van der Waals surface area contributed by atoms with Crippen molar-refractivity contribution in [3.8, 4) is 0 Å². The van der Waals surface area contributed by atoms with Gasteiger partial charge in [0.25, 0.3) is 0 Å². The van der Waals surface area contributed by atoms with E-state index in [1.807, 2.05) is 6.92 Å². The lowest BCUT2D eigenvalue weighted by atomic mass is 9.95. The smallest absolute Gasteiger partial charge is 0.237 e. The van der Waals surface area contributed by atoms with Crippen LogP contribution in [0, 0.1) is 5.92 Å². The van der Waals surface area contributed by atoms with Crippen molar-refractivity contribution in [2.45, 2.75) is 38.6 Å². The monoisotopic (exact) mass is 227 g/mol. The van der Waals surface area contributed by atoms with Crippen LogP contribution in [0.1, 0.15) is 33.1 Å². The van der Waals surface area contributed by atoms with E-state index in [1.165, 1.54) is 12.8 Å². The molecule has 16 heavy (non-hydrogen) atoms. The van der Waals surface area contributed by atoms with Crippen LogP contribution in [0.2, 0.25) is 0 Å². The number of nitrogens with zero attached hydrogens (tertiary/aromatic N) is 1. The molecule has 0 radical (unpaired) electrons. The highest BCUT2D eigenvalue weighted by molar-refractivity contribution is 5.84. The van der Waals surface area contributed by atoms with Gasteiger partial charge in [-0.3, -0.25) is 4.79 Å². The molecule has 0 aromatic heterocycles. The van der Waals surface area contributed by atoms with Gasteiger partial charge >= 0.3 is 0 Å². The van der Waals surface area contributed by atoms with E-state index in [0.717, 1.165) is 32.0 Å². The minimum absolute atomic E-state index is 0.264. The fourth-order valence-corrected chi connectivity index (χ4v) is 2.24. The average Bonchev–Trinajstić information content (AvgIpc) is 2.26. The van der Waals surface area contributed by atoms with Gasteiger partial charge in [0.15, 0.2) is 0 Å². The van der Waals surface area contributed by atoms with Crippen molar-refractivity contribution in [1.82, 2.24) is 10.2 Å². The number of nitrogens with two attached hydrogens (primary N) is 1. The second kappa shape index (κ2) is 5.64. The number of primary amides is 1. The Morgan fingerprint density at radius 3 is 2.81 bits per heavy atom. The summed E-state index contributed by atoms with van der Waals surface area (Å²) in [5.41, 5.74) is 4.84. The Morgan fingerprint density at radius 2 is 2.31 bits per heavy atom. The molecule has 4 heteroatoms. The van der Waals surface area contributed by atoms with E-state index >= 15 is 0 Å². The SMILES string of the molecule is CNC(C)(CCN1CCCC(C)C1)C(N)=O. The molecule has 94 valence electrons. The van der Waals surface area contributed by atoms with Crippen molar-refractivity contribution in [2.24, 2.45) is 11.7 Å². The molecule has 0 spiro atoms. The van der Waals surface area contributed by atoms with Crippen LogP contribution < -0.4 is 11.1 Å². The van der Waals surface area contributed by atoms with Crippen LogP contribution in [-0.4, -0.2) is 43.0 Å². The van der Waals surface area contributed by atoms with Gasteiger partial charge in [0.1, 0.15) is 0 Å². The summed E-state index contributed by atoms with van der Waals surface area (Å²) >= 11 is 0. The van der Waals surface area contributed by atoms with Crippen LogP contribution in [0.15, 0.2) is 0 Å². The lowest BCUT2D eigenvalue weighted by molar-refractivity contribution is -0.124. The largest absolute Gasteiger partial charge is 0.368 e. The molecular formula is C12H25N3O. The van der Waals surface area contributed by atoms with Crippen LogP contribution in [0.25, 0.3) is 0 Å². The summed E-state index contributed by atoms with van der Waals surface area (Å²) in [4.78, 5) is 13.8. The highest BCUT2D eigenvalue weighted by Gasteiger charge is 2.29. The number of nitrogens with one attached hydrogen (secondary N) is 1. The third kappa shape index (κ3) is 3.46. The first-order chi connectivity index (χ1) is 7.48. The molecule has 1 aliphatic rings. The molecule has 0 bridgehead atoms. The Balaban J connectivity index is 2.40. The van der Waals surface area contributed by atoms with Crippen LogP contribution >= 0.6 is 0 Å². The molecule has 1 fully saturated rings. The Labute approximate surface area is 98.6 Å². The lowest BCUT2D eigenvalue weighted by Crippen LogP contribution is -2.53. The normalized spacial score (nSPS) is 26.3. The Hall–Kier alpha value is -0.610. The van der Waals surface area contributed by atoms with Gasteiger partial charge < -0.3 is 16.0 Å². The van der Waals surface area contributed by atoms with Crippen molar-refractivity contribution in [1.29, 1.82) is 0 Å². The first-order valence-corrected chi connectivity index (χ1v) is 6.19. The number of carbonyl (C=O) groups is 1. The number of likely N-dealkylation sites (tertiary alicyclic amines) is 1. The molecule has 0 aromatic carbocycles. The molecule has 0 aromatic rings. The number of amides is 1. The summed E-state index contributed by atoms with van der Waals surface area (Å²) in [7, 11) is 1.80. The first kappa shape index (κ1) is 13.5. The van der Waals surface area contributed by atoms with Crippen LogP contribution in [-0.2, 0) is 4.79 Å². The molecule has 1 heterocycles. The van der Waals surface area contributed by atoms with E-state index < -0.39 is 5.54 Å². The zero-order valence-electron chi connectivity index (χ0n) is 10.8. The minimum Gasteiger partial charge on any atom is -0.368 e. The van der Waals surface area contributed by atoms with E-state index in [-0.39, 0.29) is 5.91 Å². The van der Waals surface area contributed by atoms with Crippen LogP contribution in [0.5, 0.6) is 0 Å². The van der Waals surface area contributed by atoms with E-state index in [9.17, 15) is 4.79 Å². The van der Waals surface area contributed by atoms with E-state index in [1.54, 1.807) is 7.05 Å². The molecule has 1 aliphatic heterocycles. The summed E-state index contributed by atoms with van der Waals surface area (Å²) in [5.74, 6) is 0.517. The molecule has 1 saturated heterocycles. The van der Waals surface area contributed by atoms with Gasteiger partial charge in [-0.25, -0.2) is 0 Å². The van der Waals surface area contributed by atoms with Gasteiger partial charge in [0.2, 0.25) is 5.91 Å². The maximum atomic E-state index is 11.3. The van der Waals surface area contributed by atoms with Gasteiger partial charge in [-0.05, 0) is 45.7 Å². The first-order valence-electron chi connectivity index (χ1n) is 6.19. The molecular weight excluding hydrogens is 202 g/mol. The van der Waals surface area contributed by atoms with E-state index in [2.05, 4.69) is 17.1 Å². The third-order valence-electron chi connectivity index (χ3n) is 3.76. The maximum absolute atomic E-state index is 11.3. The summed E-state index contributed by atoms with van der Waals surface area (Å²) in [5, 5.41) is 3.03. The number of hydrogen-bond donors (Lipinski definition) is 2. The minimum atomic E-state index is -0.569. The molecule has 2 unspecified atom stereocenters. The standard InChI is InChI=1S/C12H25N3O/c1-10-5-4-7-15(9-10)8-6-12(2,14-3)11(13)16/h10,14H,4-9H2,1-3H3,(H2,13,16). The molecule has 0 aliphatic carbocycles. The summed E-state index contributed by atoms with van der Waals surface area (Å²) in [6.07, 6.45) is 3.38. The van der Waals surface area contributed by atoms with E-state index in [0.29, 0.717) is 0 Å². The van der Waals surface area contributed by atoms with Crippen molar-refractivity contribution >= 4 is 5.91 Å². The van der Waals surface area contributed by atoms with Gasteiger partial charge in [0, 0.05) is 13.1 Å². The van der Waals surface area contributed by atoms with Gasteiger partial charge in [0.05, 0.1) is 5.54 Å². The number of piperidine rings is 1. The third-order valence-corrected chi connectivity index (χ3v) is 3.76. The molecule has 3 N–H and O–H groups in total. The maximum Gasteiger partial charge on any atom is 0.237 e. The Kier molecular flexibility index (Phi) is 4.74. The van der Waals surface area contributed by atoms with Gasteiger partial charge in [-0.2, -0.15) is 0 Å².